The van der Waals surface area contributed by atoms with E-state index in [4.69, 9.17) is 26.2 Å². The molecule has 2 aliphatic carbocycles. The first kappa shape index (κ1) is 38.8. The first-order valence-corrected chi connectivity index (χ1v) is 18.8. The average molecular weight is 749 g/mol. The number of aliphatic hydroxyl groups excluding tert-OH is 5. The summed E-state index contributed by atoms with van der Waals surface area (Å²) in [4.78, 5) is 16.6. The van der Waals surface area contributed by atoms with Gasteiger partial charge in [-0.3, -0.25) is 4.98 Å². The molecule has 0 bridgehead atoms. The van der Waals surface area contributed by atoms with Gasteiger partial charge in [-0.15, -0.1) is 0 Å². The molecule has 1 aromatic heterocycles. The number of amides is 2. The molecule has 2 saturated carbocycles. The van der Waals surface area contributed by atoms with Gasteiger partial charge in [-0.1, -0.05) is 29.8 Å². The van der Waals surface area contributed by atoms with Crippen molar-refractivity contribution in [2.24, 2.45) is 0 Å². The Kier molecular flexibility index (Phi) is 13.3. The Labute approximate surface area is 301 Å². The summed E-state index contributed by atoms with van der Waals surface area (Å²) >= 11 is 6.50. The molecule has 2 aliphatic rings. The standard InChI is InChI=1S/C35H45ClN4O10S/c36-28-10-9-24(51(47,48)39-15-4-3-14-38-34(46)40-29(19-41)32(44)33(45)30(43)20-42)17-22(28)21-49-35(12-13-35)27-18-37-16-11-25(27)26-5-1-2-6-31(26)50-23-7-8-23/h1-2,5-6,9-11,16-18,23,29-30,32-33,39,41-45H,3-4,7-8,12-15,19-21H2,(H2,38,40,46). The van der Waals surface area contributed by atoms with E-state index >= 15 is 0 Å². The van der Waals surface area contributed by atoms with Crippen molar-refractivity contribution in [3.8, 4) is 16.9 Å². The Morgan fingerprint density at radius 1 is 0.980 bits per heavy atom. The predicted molar refractivity (Wildman–Crippen MR) is 187 cm³/mol. The molecule has 2 aromatic carbocycles. The molecule has 8 N–H and O–H groups in total. The van der Waals surface area contributed by atoms with Crippen molar-refractivity contribution >= 4 is 27.7 Å². The zero-order valence-corrected chi connectivity index (χ0v) is 29.5. The summed E-state index contributed by atoms with van der Waals surface area (Å²) in [5.41, 5.74) is 2.81. The summed E-state index contributed by atoms with van der Waals surface area (Å²) < 4.78 is 41.5. The van der Waals surface area contributed by atoms with Crippen molar-refractivity contribution < 1.29 is 48.2 Å². The molecule has 4 atom stereocenters. The quantitative estimate of drug-likeness (QED) is 0.0781. The number of benzene rings is 2. The van der Waals surface area contributed by atoms with Crippen molar-refractivity contribution in [2.75, 3.05) is 26.3 Å². The van der Waals surface area contributed by atoms with E-state index in [1.54, 1.807) is 6.20 Å². The molecule has 0 spiro atoms. The first-order chi connectivity index (χ1) is 24.5. The predicted octanol–water partition coefficient (Wildman–Crippen LogP) is 1.94. The molecular weight excluding hydrogens is 704 g/mol. The molecule has 278 valence electrons. The van der Waals surface area contributed by atoms with Crippen LogP contribution in [-0.4, -0.2) is 102 Å². The number of halogens is 1. The topological polar surface area (TPSA) is 220 Å². The van der Waals surface area contributed by atoms with Crippen LogP contribution in [0.3, 0.4) is 0 Å². The highest BCUT2D eigenvalue weighted by Crippen LogP contribution is 2.53. The van der Waals surface area contributed by atoms with Crippen LogP contribution in [0, 0.1) is 0 Å². The molecule has 2 amide bonds. The molecule has 0 saturated heterocycles. The average Bonchev–Trinajstić information content (AvgIpc) is 4.08. The minimum absolute atomic E-state index is 0.0307. The number of carbonyl (C=O) groups excluding carboxylic acids is 1. The number of aromatic nitrogens is 1. The fourth-order valence-corrected chi connectivity index (χ4v) is 6.87. The molecule has 51 heavy (non-hydrogen) atoms. The number of aliphatic hydroxyl groups is 5. The number of unbranched alkanes of at least 4 members (excludes halogenated alkanes) is 1. The fourth-order valence-electron chi connectivity index (χ4n) is 5.57. The first-order valence-electron chi connectivity index (χ1n) is 16.9. The maximum atomic E-state index is 13.1. The third-order valence-corrected chi connectivity index (χ3v) is 10.7. The maximum absolute atomic E-state index is 13.1. The molecule has 0 aliphatic heterocycles. The van der Waals surface area contributed by atoms with Gasteiger partial charge in [0.15, 0.2) is 0 Å². The van der Waals surface area contributed by atoms with Crippen LogP contribution in [0.15, 0.2) is 65.8 Å². The highest BCUT2D eigenvalue weighted by atomic mass is 35.5. The maximum Gasteiger partial charge on any atom is 0.315 e. The fraction of sp³-hybridized carbons (Fsp3) is 0.486. The van der Waals surface area contributed by atoms with Gasteiger partial charge in [0.2, 0.25) is 10.0 Å². The summed E-state index contributed by atoms with van der Waals surface area (Å²) in [6, 6.07) is 12.3. The number of ether oxygens (including phenoxy) is 2. The van der Waals surface area contributed by atoms with E-state index in [0.29, 0.717) is 23.4 Å². The summed E-state index contributed by atoms with van der Waals surface area (Å²) in [7, 11) is -3.90. The number of pyridine rings is 1. The van der Waals surface area contributed by atoms with E-state index in [0.717, 1.165) is 48.1 Å². The van der Waals surface area contributed by atoms with Gasteiger partial charge in [-0.25, -0.2) is 17.9 Å². The number of carbonyl (C=O) groups is 1. The minimum Gasteiger partial charge on any atom is -0.490 e. The van der Waals surface area contributed by atoms with E-state index in [1.807, 2.05) is 36.5 Å². The highest BCUT2D eigenvalue weighted by Gasteiger charge is 2.48. The summed E-state index contributed by atoms with van der Waals surface area (Å²) in [6.07, 6.45) is 3.02. The molecule has 2 fully saturated rings. The molecule has 1 heterocycles. The molecule has 3 aromatic rings. The van der Waals surface area contributed by atoms with E-state index in [2.05, 4.69) is 20.3 Å². The highest BCUT2D eigenvalue weighted by molar-refractivity contribution is 7.89. The Bertz CT molecular complexity index is 1740. The van der Waals surface area contributed by atoms with Gasteiger partial charge < -0.3 is 45.6 Å². The molecular formula is C35H45ClN4O10S. The van der Waals surface area contributed by atoms with E-state index < -0.39 is 59.2 Å². The van der Waals surface area contributed by atoms with Gasteiger partial charge in [0.05, 0.1) is 42.5 Å². The Hall–Kier alpha value is -3.38. The molecule has 5 rings (SSSR count). The van der Waals surface area contributed by atoms with Crippen LogP contribution in [0.2, 0.25) is 5.02 Å². The van der Waals surface area contributed by atoms with Gasteiger partial charge in [0.1, 0.15) is 24.1 Å². The van der Waals surface area contributed by atoms with Crippen LogP contribution in [0.25, 0.3) is 11.1 Å². The lowest BCUT2D eigenvalue weighted by Gasteiger charge is -2.28. The third-order valence-electron chi connectivity index (χ3n) is 8.88. The zero-order valence-electron chi connectivity index (χ0n) is 27.9. The zero-order chi connectivity index (χ0) is 36.6. The van der Waals surface area contributed by atoms with Crippen molar-refractivity contribution in [3.63, 3.8) is 0 Å². The van der Waals surface area contributed by atoms with Gasteiger partial charge in [-0.05, 0) is 80.0 Å². The third kappa shape index (κ3) is 10.2. The minimum atomic E-state index is -3.90. The van der Waals surface area contributed by atoms with Crippen LogP contribution in [0.4, 0.5) is 4.79 Å². The van der Waals surface area contributed by atoms with Gasteiger partial charge >= 0.3 is 6.03 Å². The number of urea groups is 1. The second-order valence-electron chi connectivity index (χ2n) is 12.8. The Balaban J connectivity index is 1.12. The monoisotopic (exact) mass is 748 g/mol. The normalized spacial score (nSPS) is 17.6. The number of sulfonamides is 1. The van der Waals surface area contributed by atoms with Gasteiger partial charge in [0, 0.05) is 41.6 Å². The number of para-hydroxylation sites is 1. The van der Waals surface area contributed by atoms with Gasteiger partial charge in [0.25, 0.3) is 0 Å². The molecule has 4 unspecified atom stereocenters. The van der Waals surface area contributed by atoms with Crippen LogP contribution < -0.4 is 20.1 Å². The summed E-state index contributed by atoms with van der Waals surface area (Å²) in [6.45, 7) is -1.24. The summed E-state index contributed by atoms with van der Waals surface area (Å²) in [5, 5.41) is 52.9. The second kappa shape index (κ2) is 17.4. The van der Waals surface area contributed by atoms with E-state index in [1.165, 1.54) is 18.2 Å². The van der Waals surface area contributed by atoms with Crippen molar-refractivity contribution in [2.45, 2.75) is 86.1 Å². The number of hydrogen-bond donors (Lipinski definition) is 8. The lowest BCUT2D eigenvalue weighted by atomic mass is 9.96. The van der Waals surface area contributed by atoms with Crippen molar-refractivity contribution in [1.82, 2.24) is 20.3 Å². The molecule has 16 heteroatoms. The van der Waals surface area contributed by atoms with Crippen molar-refractivity contribution in [1.29, 1.82) is 0 Å². The smallest absolute Gasteiger partial charge is 0.315 e. The largest absolute Gasteiger partial charge is 0.490 e. The second-order valence-corrected chi connectivity index (χ2v) is 15.0. The Morgan fingerprint density at radius 2 is 1.73 bits per heavy atom. The van der Waals surface area contributed by atoms with Crippen LogP contribution in [-0.2, 0) is 27.0 Å². The number of nitrogens with one attached hydrogen (secondary N) is 3. The molecule has 14 nitrogen and oxygen atoms in total. The van der Waals surface area contributed by atoms with Crippen LogP contribution in [0.5, 0.6) is 5.75 Å². The lowest BCUT2D eigenvalue weighted by Crippen LogP contribution is -2.56. The number of rotatable bonds is 20. The van der Waals surface area contributed by atoms with Gasteiger partial charge in [-0.2, -0.15) is 0 Å². The lowest BCUT2D eigenvalue weighted by molar-refractivity contribution is -0.0902. The van der Waals surface area contributed by atoms with Crippen LogP contribution in [0.1, 0.15) is 49.7 Å². The summed E-state index contributed by atoms with van der Waals surface area (Å²) in [5.74, 6) is 0.820. The van der Waals surface area contributed by atoms with E-state index in [9.17, 15) is 33.6 Å². The number of nitrogens with zero attached hydrogens (tertiary/aromatic N) is 1. The van der Waals surface area contributed by atoms with E-state index in [-0.39, 0.29) is 30.7 Å². The molecule has 0 radical (unpaired) electrons. The Morgan fingerprint density at radius 3 is 2.43 bits per heavy atom. The SMILES string of the molecule is O=C(NCCCCNS(=O)(=O)c1ccc(Cl)c(COC2(c3cnccc3-c3ccccc3OC3CC3)CC2)c1)NC(CO)C(O)C(O)C(O)CO. The van der Waals surface area contributed by atoms with Crippen molar-refractivity contribution in [3.05, 3.63) is 77.1 Å². The number of hydrogen-bond acceptors (Lipinski definition) is 11. The van der Waals surface area contributed by atoms with Crippen LogP contribution >= 0.6 is 11.6 Å².